The first-order chi connectivity index (χ1) is 17.2. The normalized spacial score (nSPS) is 15.6. The molecule has 0 bridgehead atoms. The molecule has 184 valence electrons. The summed E-state index contributed by atoms with van der Waals surface area (Å²) in [5, 5.41) is 10.3. The minimum absolute atomic E-state index is 0.124. The van der Waals surface area contributed by atoms with Crippen LogP contribution in [-0.2, 0) is 11.4 Å². The van der Waals surface area contributed by atoms with Gasteiger partial charge in [-0.1, -0.05) is 45.7 Å². The summed E-state index contributed by atoms with van der Waals surface area (Å²) in [5.41, 5.74) is 2.26. The van der Waals surface area contributed by atoms with Crippen LogP contribution in [0.25, 0.3) is 6.08 Å². The van der Waals surface area contributed by atoms with E-state index in [9.17, 15) is 14.7 Å². The van der Waals surface area contributed by atoms with Crippen LogP contribution in [0.1, 0.15) is 21.5 Å². The van der Waals surface area contributed by atoms with Crippen molar-refractivity contribution in [3.8, 4) is 11.5 Å². The number of aromatic carboxylic acids is 1. The standard InChI is InChI=1S/C26H20BrClN2O5S/c1-30-24(31)23(36-26(30)29-19-5-3-4-16(10-19)25(32)33)12-17-11-21(34-2)22(13-20(17)27)35-14-15-6-8-18(28)9-7-15/h3-13H,14H2,1-2H3,(H,32,33)/b23-12-,29-26?. The fourth-order valence-corrected chi connectivity index (χ4v) is 4.83. The van der Waals surface area contributed by atoms with Crippen molar-refractivity contribution in [3.63, 3.8) is 0 Å². The van der Waals surface area contributed by atoms with Gasteiger partial charge >= 0.3 is 5.97 Å². The molecule has 1 aliphatic heterocycles. The van der Waals surface area contributed by atoms with Gasteiger partial charge in [0.05, 0.1) is 23.3 Å². The predicted octanol–water partition coefficient (Wildman–Crippen LogP) is 6.62. The van der Waals surface area contributed by atoms with Crippen molar-refractivity contribution < 1.29 is 24.2 Å². The molecule has 10 heteroatoms. The molecule has 7 nitrogen and oxygen atoms in total. The number of amidine groups is 1. The summed E-state index contributed by atoms with van der Waals surface area (Å²) in [6, 6.07) is 17.2. The molecular formula is C26H20BrClN2O5S. The summed E-state index contributed by atoms with van der Waals surface area (Å²) in [5.74, 6) is -0.200. The van der Waals surface area contributed by atoms with Crippen LogP contribution in [0.3, 0.4) is 0 Å². The first kappa shape index (κ1) is 25.8. The van der Waals surface area contributed by atoms with E-state index in [1.54, 1.807) is 56.6 Å². The summed E-state index contributed by atoms with van der Waals surface area (Å²) < 4.78 is 12.2. The van der Waals surface area contributed by atoms with Gasteiger partial charge in [0.2, 0.25) is 0 Å². The van der Waals surface area contributed by atoms with Crippen LogP contribution in [0.15, 0.2) is 75.0 Å². The molecule has 36 heavy (non-hydrogen) atoms. The molecule has 3 aromatic carbocycles. The molecule has 1 heterocycles. The fraction of sp³-hybridized carbons (Fsp3) is 0.115. The summed E-state index contributed by atoms with van der Waals surface area (Å²) >= 11 is 10.7. The first-order valence-electron chi connectivity index (χ1n) is 10.6. The van der Waals surface area contributed by atoms with E-state index in [1.165, 1.54) is 28.8 Å². The third-order valence-corrected chi connectivity index (χ3v) is 7.20. The Labute approximate surface area is 225 Å². The Hall–Kier alpha value is -3.27. The van der Waals surface area contributed by atoms with Gasteiger partial charge in [-0.2, -0.15) is 0 Å². The van der Waals surface area contributed by atoms with Gasteiger partial charge in [0.15, 0.2) is 16.7 Å². The first-order valence-corrected chi connectivity index (χ1v) is 12.6. The third kappa shape index (κ3) is 5.92. The van der Waals surface area contributed by atoms with Gasteiger partial charge < -0.3 is 14.6 Å². The second-order valence-corrected chi connectivity index (χ2v) is 9.96. The fourth-order valence-electron chi connectivity index (χ4n) is 3.29. The second-order valence-electron chi connectivity index (χ2n) is 7.66. The molecule has 0 saturated carbocycles. The maximum absolute atomic E-state index is 12.9. The number of methoxy groups -OCH3 is 1. The number of carbonyl (C=O) groups excluding carboxylic acids is 1. The number of benzene rings is 3. The highest BCUT2D eigenvalue weighted by Crippen LogP contribution is 2.38. The topological polar surface area (TPSA) is 88.4 Å². The highest BCUT2D eigenvalue weighted by molar-refractivity contribution is 9.10. The number of aliphatic imine (C=N–C) groups is 1. The average Bonchev–Trinajstić information content (AvgIpc) is 3.12. The number of ether oxygens (including phenoxy) is 2. The SMILES string of the molecule is COc1cc(/C=C2\SC(=Nc3cccc(C(=O)O)c3)N(C)C2=O)c(Br)cc1OCc1ccc(Cl)cc1. The van der Waals surface area contributed by atoms with E-state index < -0.39 is 5.97 Å². The molecular weight excluding hydrogens is 568 g/mol. The minimum Gasteiger partial charge on any atom is -0.493 e. The van der Waals surface area contributed by atoms with Gasteiger partial charge in [0, 0.05) is 16.5 Å². The Kier molecular flexibility index (Phi) is 8.03. The van der Waals surface area contributed by atoms with Crippen LogP contribution in [0.4, 0.5) is 5.69 Å². The van der Waals surface area contributed by atoms with Gasteiger partial charge in [-0.25, -0.2) is 9.79 Å². The lowest BCUT2D eigenvalue weighted by atomic mass is 10.1. The van der Waals surface area contributed by atoms with E-state index in [4.69, 9.17) is 21.1 Å². The molecule has 1 fully saturated rings. The number of nitrogens with zero attached hydrogens (tertiary/aromatic N) is 2. The number of thioether (sulfide) groups is 1. The quantitative estimate of drug-likeness (QED) is 0.313. The Bertz CT molecular complexity index is 1390. The van der Waals surface area contributed by atoms with Gasteiger partial charge in [0.1, 0.15) is 6.61 Å². The number of carboxylic acids is 1. The molecule has 1 saturated heterocycles. The van der Waals surface area contributed by atoms with Crippen molar-refractivity contribution >= 4 is 68.1 Å². The third-order valence-electron chi connectivity index (χ3n) is 5.20. The molecule has 4 rings (SSSR count). The van der Waals surface area contributed by atoms with E-state index in [2.05, 4.69) is 20.9 Å². The number of hydrogen-bond donors (Lipinski definition) is 1. The molecule has 1 aliphatic rings. The lowest BCUT2D eigenvalue weighted by molar-refractivity contribution is -0.121. The van der Waals surface area contributed by atoms with Crippen molar-refractivity contribution in [1.29, 1.82) is 0 Å². The van der Waals surface area contributed by atoms with E-state index >= 15 is 0 Å². The summed E-state index contributed by atoms with van der Waals surface area (Å²) in [4.78, 5) is 30.5. The molecule has 0 unspecified atom stereocenters. The Morgan fingerprint density at radius 1 is 1.17 bits per heavy atom. The lowest BCUT2D eigenvalue weighted by Crippen LogP contribution is -2.23. The number of carboxylic acid groups (broad SMARTS) is 1. The highest BCUT2D eigenvalue weighted by atomic mass is 79.9. The number of hydrogen-bond acceptors (Lipinski definition) is 6. The summed E-state index contributed by atoms with van der Waals surface area (Å²) in [7, 11) is 3.17. The van der Waals surface area contributed by atoms with Crippen LogP contribution in [0.5, 0.6) is 11.5 Å². The zero-order valence-electron chi connectivity index (χ0n) is 19.2. The number of carbonyl (C=O) groups is 2. The maximum atomic E-state index is 12.9. The number of amides is 1. The van der Waals surface area contributed by atoms with E-state index in [1.807, 2.05) is 12.1 Å². The van der Waals surface area contributed by atoms with Crippen LogP contribution in [-0.4, -0.2) is 41.2 Å². The summed E-state index contributed by atoms with van der Waals surface area (Å²) in [6.07, 6.45) is 1.75. The van der Waals surface area contributed by atoms with Crippen molar-refractivity contribution in [2.45, 2.75) is 6.61 Å². The second kappa shape index (κ2) is 11.2. The Morgan fingerprint density at radius 3 is 2.61 bits per heavy atom. The highest BCUT2D eigenvalue weighted by Gasteiger charge is 2.30. The molecule has 3 aromatic rings. The monoisotopic (exact) mass is 586 g/mol. The van der Waals surface area contributed by atoms with Crippen molar-refractivity contribution in [1.82, 2.24) is 4.90 Å². The van der Waals surface area contributed by atoms with Gasteiger partial charge in [-0.15, -0.1) is 0 Å². The largest absolute Gasteiger partial charge is 0.493 e. The molecule has 0 radical (unpaired) electrons. The number of halogens is 2. The van der Waals surface area contributed by atoms with E-state index in [0.29, 0.717) is 38.9 Å². The lowest BCUT2D eigenvalue weighted by Gasteiger charge is -2.13. The molecule has 0 aromatic heterocycles. The molecule has 1 N–H and O–H groups in total. The van der Waals surface area contributed by atoms with Crippen LogP contribution in [0.2, 0.25) is 5.02 Å². The van der Waals surface area contributed by atoms with Crippen LogP contribution >= 0.6 is 39.3 Å². The zero-order valence-corrected chi connectivity index (χ0v) is 22.4. The van der Waals surface area contributed by atoms with Crippen molar-refractivity contribution in [3.05, 3.63) is 91.8 Å². The molecule has 0 spiro atoms. The minimum atomic E-state index is -1.04. The maximum Gasteiger partial charge on any atom is 0.335 e. The molecule has 0 aliphatic carbocycles. The average molecular weight is 588 g/mol. The van der Waals surface area contributed by atoms with Gasteiger partial charge in [-0.05, 0) is 71.4 Å². The van der Waals surface area contributed by atoms with Gasteiger partial charge in [0.25, 0.3) is 5.91 Å². The smallest absolute Gasteiger partial charge is 0.335 e. The summed E-state index contributed by atoms with van der Waals surface area (Å²) in [6.45, 7) is 0.336. The Balaban J connectivity index is 1.57. The van der Waals surface area contributed by atoms with E-state index in [0.717, 1.165) is 15.6 Å². The zero-order chi connectivity index (χ0) is 25.8. The van der Waals surface area contributed by atoms with Crippen LogP contribution in [0, 0.1) is 0 Å². The molecule has 1 amide bonds. The Morgan fingerprint density at radius 2 is 1.92 bits per heavy atom. The van der Waals surface area contributed by atoms with Crippen molar-refractivity contribution in [2.75, 3.05) is 14.2 Å². The molecule has 0 atom stereocenters. The van der Waals surface area contributed by atoms with Crippen molar-refractivity contribution in [2.24, 2.45) is 4.99 Å². The number of rotatable bonds is 7. The van der Waals surface area contributed by atoms with Gasteiger partial charge in [-0.3, -0.25) is 9.69 Å². The number of likely N-dealkylation sites (N-methyl/N-ethyl adjacent to an activating group) is 1. The van der Waals surface area contributed by atoms with E-state index in [-0.39, 0.29) is 11.5 Å². The predicted molar refractivity (Wildman–Crippen MR) is 145 cm³/mol. The van der Waals surface area contributed by atoms with Crippen LogP contribution < -0.4 is 9.47 Å².